The van der Waals surface area contributed by atoms with Crippen molar-refractivity contribution in [3.63, 3.8) is 0 Å². The molecule has 2 aromatic rings. The predicted octanol–water partition coefficient (Wildman–Crippen LogP) is 4.48. The molecule has 0 aliphatic carbocycles. The molecule has 0 saturated carbocycles. The highest BCUT2D eigenvalue weighted by molar-refractivity contribution is 6.41. The molecule has 2 amide bonds. The van der Waals surface area contributed by atoms with Gasteiger partial charge in [0.05, 0.1) is 19.9 Å². The van der Waals surface area contributed by atoms with Crippen molar-refractivity contribution in [2.45, 2.75) is 0 Å². The highest BCUT2D eigenvalue weighted by Crippen LogP contribution is 2.44. The number of nitrogens with zero attached hydrogens (tertiary/aromatic N) is 5. The second-order valence-electron chi connectivity index (χ2n) is 9.12. The van der Waals surface area contributed by atoms with Crippen LogP contribution in [0.15, 0.2) is 47.2 Å². The summed E-state index contributed by atoms with van der Waals surface area (Å²) in [6.45, 7) is 4.52. The Kier molecular flexibility index (Phi) is 8.76. The number of hydrogen-bond donors (Lipinski definition) is 2. The van der Waals surface area contributed by atoms with Gasteiger partial charge in [-0.2, -0.15) is 0 Å². The molecular weight excluding hydrogens is 529 g/mol. The van der Waals surface area contributed by atoms with E-state index in [0.29, 0.717) is 29.8 Å². The molecule has 0 radical (unpaired) electrons. The zero-order valence-corrected chi connectivity index (χ0v) is 23.7. The number of halogens is 2. The van der Waals surface area contributed by atoms with Gasteiger partial charge in [0.15, 0.2) is 0 Å². The molecule has 4 rings (SSSR count). The molecular formula is C26H33Cl2N7O3. The van der Waals surface area contributed by atoms with Crippen molar-refractivity contribution in [2.75, 3.05) is 83.7 Å². The van der Waals surface area contributed by atoms with Gasteiger partial charge in [0.25, 0.3) is 0 Å². The first-order chi connectivity index (χ1) is 18.2. The number of piperazine rings is 1. The number of urea groups is 1. The highest BCUT2D eigenvalue weighted by atomic mass is 35.5. The third-order valence-electron chi connectivity index (χ3n) is 6.57. The molecule has 2 N–H and O–H groups in total. The number of carbonyl (C=O) groups is 1. The summed E-state index contributed by atoms with van der Waals surface area (Å²) in [5, 5.41) is 6.48. The maximum Gasteiger partial charge on any atom is 0.327 e. The number of amidine groups is 1. The highest BCUT2D eigenvalue weighted by Gasteiger charge is 2.24. The van der Waals surface area contributed by atoms with Crippen molar-refractivity contribution < 1.29 is 14.3 Å². The van der Waals surface area contributed by atoms with Gasteiger partial charge < -0.3 is 34.8 Å². The van der Waals surface area contributed by atoms with Crippen molar-refractivity contribution >= 4 is 52.1 Å². The Morgan fingerprint density at radius 3 is 2.18 bits per heavy atom. The van der Waals surface area contributed by atoms with Gasteiger partial charge in [0.2, 0.25) is 0 Å². The molecule has 0 aromatic heterocycles. The van der Waals surface area contributed by atoms with Gasteiger partial charge >= 0.3 is 6.03 Å². The number of nitrogens with one attached hydrogen (secondary N) is 2. The van der Waals surface area contributed by atoms with Gasteiger partial charge in [0, 0.05) is 63.8 Å². The van der Waals surface area contributed by atoms with Crippen LogP contribution in [0.5, 0.6) is 11.5 Å². The molecule has 1 fully saturated rings. The summed E-state index contributed by atoms with van der Waals surface area (Å²) in [5.41, 5.74) is 2.32. The van der Waals surface area contributed by atoms with Gasteiger partial charge in [-0.05, 0) is 31.3 Å². The van der Waals surface area contributed by atoms with Gasteiger partial charge in [-0.3, -0.25) is 4.90 Å². The average Bonchev–Trinajstić information content (AvgIpc) is 2.92. The molecule has 10 nitrogen and oxygen atoms in total. The van der Waals surface area contributed by atoms with Gasteiger partial charge in [0.1, 0.15) is 39.9 Å². The van der Waals surface area contributed by atoms with Crippen LogP contribution in [0.2, 0.25) is 10.0 Å². The van der Waals surface area contributed by atoms with Crippen molar-refractivity contribution in [3.8, 4) is 11.5 Å². The summed E-state index contributed by atoms with van der Waals surface area (Å²) in [4.78, 5) is 25.8. The minimum Gasteiger partial charge on any atom is -0.495 e. The van der Waals surface area contributed by atoms with E-state index in [1.54, 1.807) is 13.1 Å². The van der Waals surface area contributed by atoms with E-state index in [4.69, 9.17) is 32.7 Å². The fourth-order valence-corrected chi connectivity index (χ4v) is 4.81. The molecule has 2 aromatic carbocycles. The Hall–Kier alpha value is -3.34. The molecule has 0 atom stereocenters. The predicted molar refractivity (Wildman–Crippen MR) is 154 cm³/mol. The fraction of sp³-hybridized carbons (Fsp3) is 0.385. The number of ether oxygens (including phenoxy) is 2. The lowest BCUT2D eigenvalue weighted by Crippen LogP contribution is -2.44. The summed E-state index contributed by atoms with van der Waals surface area (Å²) >= 11 is 12.9. The van der Waals surface area contributed by atoms with Crippen LogP contribution in [-0.4, -0.2) is 94.8 Å². The molecule has 1 saturated heterocycles. The van der Waals surface area contributed by atoms with Crippen LogP contribution in [0.1, 0.15) is 0 Å². The third-order valence-corrected chi connectivity index (χ3v) is 7.32. The Labute approximate surface area is 233 Å². The molecule has 2 heterocycles. The molecule has 2 aliphatic rings. The van der Waals surface area contributed by atoms with E-state index >= 15 is 0 Å². The lowest BCUT2D eigenvalue weighted by atomic mass is 10.2. The number of anilines is 3. The number of methoxy groups -OCH3 is 2. The SMILES string of the molecule is COc1cc(OC)c(Cl)c(NC(=O)N(C)C2=CC(Nc3ccc(N4CCN(C)CC4)cc3)=NCN2C)c1Cl. The van der Waals surface area contributed by atoms with Crippen LogP contribution in [0.4, 0.5) is 21.9 Å². The van der Waals surface area contributed by atoms with E-state index in [2.05, 4.69) is 44.6 Å². The first-order valence-corrected chi connectivity index (χ1v) is 12.9. The lowest BCUT2D eigenvalue weighted by molar-refractivity contribution is 0.216. The molecule has 12 heteroatoms. The fourth-order valence-electron chi connectivity index (χ4n) is 4.22. The van der Waals surface area contributed by atoms with Crippen molar-refractivity contribution in [3.05, 3.63) is 52.3 Å². The Morgan fingerprint density at radius 2 is 1.61 bits per heavy atom. The summed E-state index contributed by atoms with van der Waals surface area (Å²) in [7, 11) is 8.61. The van der Waals surface area contributed by atoms with Crippen molar-refractivity contribution in [1.29, 1.82) is 0 Å². The Morgan fingerprint density at radius 1 is 1.00 bits per heavy atom. The number of aliphatic imine (C=N–C) groups is 1. The second kappa shape index (κ2) is 12.0. The maximum atomic E-state index is 13.2. The van der Waals surface area contributed by atoms with Gasteiger partial charge in [-0.25, -0.2) is 9.79 Å². The number of benzene rings is 2. The Bertz CT molecular complexity index is 1200. The summed E-state index contributed by atoms with van der Waals surface area (Å²) in [6, 6.07) is 9.43. The average molecular weight is 563 g/mol. The summed E-state index contributed by atoms with van der Waals surface area (Å²) in [6.07, 6.45) is 1.81. The number of likely N-dealkylation sites (N-methyl/N-ethyl adjacent to an activating group) is 1. The number of amides is 2. The molecule has 0 bridgehead atoms. The van der Waals surface area contributed by atoms with Crippen LogP contribution in [0.3, 0.4) is 0 Å². The second-order valence-corrected chi connectivity index (χ2v) is 9.88. The maximum absolute atomic E-state index is 13.2. The summed E-state index contributed by atoms with van der Waals surface area (Å²) < 4.78 is 10.6. The molecule has 204 valence electrons. The van der Waals surface area contributed by atoms with Crippen molar-refractivity contribution in [1.82, 2.24) is 14.7 Å². The standard InChI is InChI=1S/C26H33Cl2N7O3/c1-32-10-12-35(13-11-32)18-8-6-17(7-9-18)30-21-15-22(33(2)16-29-21)34(3)26(36)31-25-23(27)19(37-4)14-20(38-5)24(25)28/h6-9,14-15H,10-13,16H2,1-5H3,(H,29,30)(H,31,36). The Balaban J connectivity index is 1.46. The zero-order valence-electron chi connectivity index (χ0n) is 22.2. The molecule has 0 spiro atoms. The van der Waals surface area contributed by atoms with Crippen LogP contribution in [-0.2, 0) is 0 Å². The quantitative estimate of drug-likeness (QED) is 0.537. The minimum atomic E-state index is -0.444. The lowest BCUT2D eigenvalue weighted by Gasteiger charge is -2.34. The van der Waals surface area contributed by atoms with E-state index < -0.39 is 6.03 Å². The molecule has 2 aliphatic heterocycles. The number of carbonyl (C=O) groups excluding carboxylic acids is 1. The first kappa shape index (κ1) is 27.7. The number of rotatable bonds is 6. The third kappa shape index (κ3) is 6.03. The number of hydrogen-bond acceptors (Lipinski definition) is 8. The van der Waals surface area contributed by atoms with E-state index in [1.807, 2.05) is 30.2 Å². The van der Waals surface area contributed by atoms with Crippen LogP contribution in [0.25, 0.3) is 0 Å². The minimum absolute atomic E-state index is 0.176. The topological polar surface area (TPSA) is 84.9 Å². The van der Waals surface area contributed by atoms with Crippen molar-refractivity contribution in [2.24, 2.45) is 4.99 Å². The van der Waals surface area contributed by atoms with Gasteiger partial charge in [-0.15, -0.1) is 0 Å². The smallest absolute Gasteiger partial charge is 0.327 e. The van der Waals surface area contributed by atoms with E-state index in [9.17, 15) is 4.79 Å². The monoisotopic (exact) mass is 561 g/mol. The largest absolute Gasteiger partial charge is 0.495 e. The van der Waals surface area contributed by atoms with Gasteiger partial charge in [-0.1, -0.05) is 23.2 Å². The molecule has 0 unspecified atom stereocenters. The normalized spacial score (nSPS) is 16.0. The molecule has 38 heavy (non-hydrogen) atoms. The summed E-state index contributed by atoms with van der Waals surface area (Å²) in [5.74, 6) is 1.94. The van der Waals surface area contributed by atoms with E-state index in [0.717, 1.165) is 31.9 Å². The van der Waals surface area contributed by atoms with Crippen LogP contribution in [0, 0.1) is 0 Å². The zero-order chi connectivity index (χ0) is 27.4. The first-order valence-electron chi connectivity index (χ1n) is 12.1. The van der Waals surface area contributed by atoms with E-state index in [-0.39, 0.29) is 15.7 Å². The van der Waals surface area contributed by atoms with E-state index in [1.165, 1.54) is 24.8 Å². The van der Waals surface area contributed by atoms with Crippen LogP contribution < -0.4 is 25.0 Å². The van der Waals surface area contributed by atoms with Crippen LogP contribution >= 0.6 is 23.2 Å².